The maximum Gasteiger partial charge on any atom is 0.228 e. The summed E-state index contributed by atoms with van der Waals surface area (Å²) in [5.41, 5.74) is 5.47. The van der Waals surface area contributed by atoms with Gasteiger partial charge in [0.2, 0.25) is 5.91 Å². The van der Waals surface area contributed by atoms with Crippen LogP contribution in [0, 0.1) is 6.92 Å². The van der Waals surface area contributed by atoms with Gasteiger partial charge in [-0.1, -0.05) is 36.4 Å². The molecule has 0 saturated heterocycles. The van der Waals surface area contributed by atoms with E-state index in [9.17, 15) is 4.79 Å². The number of anilines is 1. The third-order valence-electron chi connectivity index (χ3n) is 4.47. The number of carbonyl (C=O) groups is 1. The monoisotopic (exact) mass is 368 g/mol. The van der Waals surface area contributed by atoms with Gasteiger partial charge in [0.15, 0.2) is 0 Å². The van der Waals surface area contributed by atoms with Crippen LogP contribution < -0.4 is 5.32 Å². The van der Waals surface area contributed by atoms with Crippen LogP contribution >= 0.6 is 0 Å². The summed E-state index contributed by atoms with van der Waals surface area (Å²) in [5, 5.41) is 3.94. The molecular weight excluding hydrogens is 348 g/mol. The van der Waals surface area contributed by atoms with Crippen molar-refractivity contribution in [1.82, 2.24) is 4.98 Å². The van der Waals surface area contributed by atoms with E-state index in [1.807, 2.05) is 79.7 Å². The highest BCUT2D eigenvalue weighted by atomic mass is 16.3. The highest BCUT2D eigenvalue weighted by Gasteiger charge is 2.11. The van der Waals surface area contributed by atoms with E-state index < -0.39 is 0 Å². The second-order valence-corrected chi connectivity index (χ2v) is 6.70. The molecule has 4 aromatic rings. The number of nitrogens with zero attached hydrogens (tertiary/aromatic N) is 1. The fraction of sp³-hybridized carbons (Fsp3) is 0.0833. The van der Waals surface area contributed by atoms with E-state index in [1.165, 1.54) is 0 Å². The van der Waals surface area contributed by atoms with Crippen molar-refractivity contribution >= 4 is 34.7 Å². The van der Waals surface area contributed by atoms with E-state index >= 15 is 0 Å². The fourth-order valence-electron chi connectivity index (χ4n) is 3.08. The topological polar surface area (TPSA) is 55.1 Å². The Morgan fingerprint density at radius 3 is 2.86 bits per heavy atom. The van der Waals surface area contributed by atoms with Gasteiger partial charge in [0, 0.05) is 22.8 Å². The third-order valence-corrected chi connectivity index (χ3v) is 4.47. The molecule has 2 aromatic carbocycles. The number of hydrogen-bond donors (Lipinski definition) is 1. The second-order valence-electron chi connectivity index (χ2n) is 6.70. The molecule has 1 N–H and O–H groups in total. The van der Waals surface area contributed by atoms with Crippen molar-refractivity contribution in [3.63, 3.8) is 0 Å². The predicted molar refractivity (Wildman–Crippen MR) is 113 cm³/mol. The number of nitrogens with one attached hydrogen (secondary N) is 1. The lowest BCUT2D eigenvalue weighted by molar-refractivity contribution is -0.115. The number of aryl methyl sites for hydroxylation is 1. The Bertz CT molecular complexity index is 1140. The number of hydrogen-bond acceptors (Lipinski definition) is 3. The third kappa shape index (κ3) is 4.18. The summed E-state index contributed by atoms with van der Waals surface area (Å²) in [7, 11) is 0. The smallest absolute Gasteiger partial charge is 0.228 e. The molecule has 0 fully saturated rings. The molecule has 0 bridgehead atoms. The minimum Gasteiger partial charge on any atom is -0.464 e. The molecule has 0 unspecified atom stereocenters. The van der Waals surface area contributed by atoms with Crippen LogP contribution in [0.3, 0.4) is 0 Å². The Balaban J connectivity index is 1.45. The zero-order valence-corrected chi connectivity index (χ0v) is 15.6. The van der Waals surface area contributed by atoms with Gasteiger partial charge in [-0.3, -0.25) is 9.78 Å². The first-order valence-corrected chi connectivity index (χ1v) is 9.13. The number of furan rings is 1. The van der Waals surface area contributed by atoms with Crippen molar-refractivity contribution in [3.8, 4) is 0 Å². The van der Waals surface area contributed by atoms with Gasteiger partial charge < -0.3 is 9.73 Å². The van der Waals surface area contributed by atoms with Crippen LogP contribution in [0.2, 0.25) is 0 Å². The van der Waals surface area contributed by atoms with Crippen molar-refractivity contribution in [2.75, 3.05) is 5.32 Å². The lowest BCUT2D eigenvalue weighted by Crippen LogP contribution is -2.14. The van der Waals surface area contributed by atoms with Crippen LogP contribution in [-0.2, 0) is 11.2 Å². The van der Waals surface area contributed by atoms with Crippen molar-refractivity contribution < 1.29 is 9.21 Å². The molecule has 4 rings (SSSR count). The summed E-state index contributed by atoms with van der Waals surface area (Å²) in [6.07, 6.45) is 7.61. The fourth-order valence-corrected chi connectivity index (χ4v) is 3.08. The summed E-state index contributed by atoms with van der Waals surface area (Å²) in [6.45, 7) is 2.02. The molecule has 0 aliphatic heterocycles. The molecule has 2 heterocycles. The van der Waals surface area contributed by atoms with Gasteiger partial charge in [0.1, 0.15) is 5.58 Å². The molecule has 0 atom stereocenters. The molecule has 2 aromatic heterocycles. The lowest BCUT2D eigenvalue weighted by atomic mass is 10.1. The quantitative estimate of drug-likeness (QED) is 0.507. The molecule has 28 heavy (non-hydrogen) atoms. The standard InChI is InChI=1S/C24H20N2O2/c1-17-8-11-22-19(16-28-23(22)13-17)15-24(27)26-21-7-4-5-18(14-21)9-10-20-6-2-3-12-25-20/h2-14,16H,15H2,1H3,(H,26,27)/b10-9+. The minimum atomic E-state index is -0.0749. The Hall–Kier alpha value is -3.66. The zero-order chi connectivity index (χ0) is 19.3. The highest BCUT2D eigenvalue weighted by molar-refractivity contribution is 5.95. The number of fused-ring (bicyclic) bond motifs is 1. The van der Waals surface area contributed by atoms with Gasteiger partial charge in [-0.15, -0.1) is 0 Å². The molecule has 0 spiro atoms. The maximum atomic E-state index is 12.5. The van der Waals surface area contributed by atoms with Gasteiger partial charge in [0.25, 0.3) is 0 Å². The van der Waals surface area contributed by atoms with E-state index in [4.69, 9.17) is 4.42 Å². The molecular formula is C24H20N2O2. The van der Waals surface area contributed by atoms with Crippen molar-refractivity contribution in [3.05, 3.63) is 95.5 Å². The number of carbonyl (C=O) groups excluding carboxylic acids is 1. The number of amides is 1. The van der Waals surface area contributed by atoms with E-state index in [0.717, 1.165) is 39.0 Å². The van der Waals surface area contributed by atoms with Gasteiger partial charge in [0.05, 0.1) is 18.4 Å². The van der Waals surface area contributed by atoms with Crippen LogP contribution in [-0.4, -0.2) is 10.9 Å². The van der Waals surface area contributed by atoms with Crippen LogP contribution in [0.4, 0.5) is 5.69 Å². The molecule has 138 valence electrons. The summed E-state index contributed by atoms with van der Waals surface area (Å²) >= 11 is 0. The van der Waals surface area contributed by atoms with E-state index in [2.05, 4.69) is 10.3 Å². The Morgan fingerprint density at radius 2 is 2.00 bits per heavy atom. The number of rotatable bonds is 5. The zero-order valence-electron chi connectivity index (χ0n) is 15.6. The van der Waals surface area contributed by atoms with E-state index in [1.54, 1.807) is 12.5 Å². The largest absolute Gasteiger partial charge is 0.464 e. The Labute approximate surface area is 163 Å². The van der Waals surface area contributed by atoms with E-state index in [-0.39, 0.29) is 12.3 Å². The highest BCUT2D eigenvalue weighted by Crippen LogP contribution is 2.23. The molecule has 0 aliphatic rings. The maximum absolute atomic E-state index is 12.5. The average Bonchev–Trinajstić information content (AvgIpc) is 3.09. The predicted octanol–water partition coefficient (Wildman–Crippen LogP) is 5.49. The Kier molecular flexibility index (Phi) is 5.02. The number of aromatic nitrogens is 1. The lowest BCUT2D eigenvalue weighted by Gasteiger charge is -2.06. The average molecular weight is 368 g/mol. The molecule has 1 amide bonds. The SMILES string of the molecule is Cc1ccc2c(CC(=O)Nc3cccc(/C=C/c4ccccn4)c3)coc2c1. The van der Waals surface area contributed by atoms with Crippen LogP contribution in [0.25, 0.3) is 23.1 Å². The van der Waals surface area contributed by atoms with Crippen molar-refractivity contribution in [2.24, 2.45) is 0 Å². The molecule has 4 nitrogen and oxygen atoms in total. The summed E-state index contributed by atoms with van der Waals surface area (Å²) in [6, 6.07) is 19.5. The Morgan fingerprint density at radius 1 is 1.07 bits per heavy atom. The number of pyridine rings is 1. The molecule has 0 radical (unpaired) electrons. The first-order chi connectivity index (χ1) is 13.7. The number of benzene rings is 2. The molecule has 4 heteroatoms. The van der Waals surface area contributed by atoms with Gasteiger partial charge in [-0.05, 0) is 54.5 Å². The van der Waals surface area contributed by atoms with E-state index in [0.29, 0.717) is 0 Å². The first-order valence-electron chi connectivity index (χ1n) is 9.13. The molecule has 0 saturated carbocycles. The second kappa shape index (κ2) is 7.92. The van der Waals surface area contributed by atoms with Gasteiger partial charge >= 0.3 is 0 Å². The normalized spacial score (nSPS) is 11.2. The van der Waals surface area contributed by atoms with Crippen LogP contribution in [0.5, 0.6) is 0 Å². The summed E-state index contributed by atoms with van der Waals surface area (Å²) in [5.74, 6) is -0.0749. The van der Waals surface area contributed by atoms with Crippen LogP contribution in [0.15, 0.2) is 77.5 Å². The van der Waals surface area contributed by atoms with Crippen molar-refractivity contribution in [1.29, 1.82) is 0 Å². The molecule has 0 aliphatic carbocycles. The minimum absolute atomic E-state index is 0.0749. The van der Waals surface area contributed by atoms with Crippen molar-refractivity contribution in [2.45, 2.75) is 13.3 Å². The van der Waals surface area contributed by atoms with Gasteiger partial charge in [-0.2, -0.15) is 0 Å². The van der Waals surface area contributed by atoms with Crippen LogP contribution in [0.1, 0.15) is 22.4 Å². The van der Waals surface area contributed by atoms with Gasteiger partial charge in [-0.25, -0.2) is 0 Å². The first kappa shape index (κ1) is 17.7. The summed E-state index contributed by atoms with van der Waals surface area (Å²) in [4.78, 5) is 16.8. The summed E-state index contributed by atoms with van der Waals surface area (Å²) < 4.78 is 5.58.